The molecule has 4 heteroatoms. The number of aromatic carboxylic acids is 2. The molecule has 0 bridgehead atoms. The number of hydrogen-bond donors (Lipinski definition) is 2. The summed E-state index contributed by atoms with van der Waals surface area (Å²) in [5.74, 6) is -2.09. The summed E-state index contributed by atoms with van der Waals surface area (Å²) >= 11 is 0. The second kappa shape index (κ2) is 5.33. The highest BCUT2D eigenvalue weighted by atomic mass is 16.4. The number of aryl methyl sites for hydroxylation is 2. The summed E-state index contributed by atoms with van der Waals surface area (Å²) < 4.78 is 0. The lowest BCUT2D eigenvalue weighted by Crippen LogP contribution is -2.04. The van der Waals surface area contributed by atoms with Crippen LogP contribution >= 0.6 is 0 Å². The lowest BCUT2D eigenvalue weighted by Gasteiger charge is -2.12. The van der Waals surface area contributed by atoms with Gasteiger partial charge in [-0.05, 0) is 59.0 Å². The van der Waals surface area contributed by atoms with Crippen LogP contribution in [0.25, 0.3) is 10.8 Å². The van der Waals surface area contributed by atoms with Crippen LogP contribution < -0.4 is 0 Å². The molecule has 2 aromatic carbocycles. The minimum absolute atomic E-state index is 0.141. The number of carboxylic acids is 2. The molecule has 4 nitrogen and oxygen atoms in total. The highest BCUT2D eigenvalue weighted by Crippen LogP contribution is 2.27. The fourth-order valence-electron chi connectivity index (χ4n) is 2.51. The minimum atomic E-state index is -1.04. The molecule has 0 amide bonds. The third kappa shape index (κ3) is 2.25. The lowest BCUT2D eigenvalue weighted by molar-refractivity contribution is 0.0684. The predicted molar refractivity (Wildman–Crippen MR) is 76.6 cm³/mol. The highest BCUT2D eigenvalue weighted by Gasteiger charge is 2.16. The second-order valence-corrected chi connectivity index (χ2v) is 4.64. The van der Waals surface area contributed by atoms with Crippen molar-refractivity contribution in [3.63, 3.8) is 0 Å². The van der Waals surface area contributed by atoms with Crippen molar-refractivity contribution in [1.82, 2.24) is 0 Å². The molecule has 0 fully saturated rings. The van der Waals surface area contributed by atoms with E-state index in [1.807, 2.05) is 26.0 Å². The molecule has 0 atom stereocenters. The number of rotatable bonds is 4. The molecule has 0 aliphatic rings. The third-order valence-electron chi connectivity index (χ3n) is 3.56. The molecule has 2 aromatic rings. The van der Waals surface area contributed by atoms with E-state index < -0.39 is 11.9 Å². The maximum atomic E-state index is 11.3. The van der Waals surface area contributed by atoms with Crippen molar-refractivity contribution in [2.75, 3.05) is 0 Å². The molecule has 0 saturated carbocycles. The van der Waals surface area contributed by atoms with E-state index in [1.54, 1.807) is 0 Å². The molecule has 2 N–H and O–H groups in total. The van der Waals surface area contributed by atoms with Gasteiger partial charge in [-0.15, -0.1) is 0 Å². The van der Waals surface area contributed by atoms with Crippen LogP contribution in [0.2, 0.25) is 0 Å². The van der Waals surface area contributed by atoms with Crippen molar-refractivity contribution in [1.29, 1.82) is 0 Å². The van der Waals surface area contributed by atoms with Gasteiger partial charge in [0.05, 0.1) is 11.1 Å². The largest absolute Gasteiger partial charge is 0.478 e. The van der Waals surface area contributed by atoms with E-state index >= 15 is 0 Å². The molecule has 0 aromatic heterocycles. The SMILES string of the molecule is CCc1cc2c(C(=O)O)ccc(C(=O)O)c2cc1CC. The summed E-state index contributed by atoms with van der Waals surface area (Å²) in [5.41, 5.74) is 2.40. The predicted octanol–water partition coefficient (Wildman–Crippen LogP) is 3.36. The molecule has 0 aliphatic carbocycles. The smallest absolute Gasteiger partial charge is 0.336 e. The van der Waals surface area contributed by atoms with Crippen molar-refractivity contribution in [3.05, 3.63) is 46.5 Å². The monoisotopic (exact) mass is 272 g/mol. The fourth-order valence-corrected chi connectivity index (χ4v) is 2.51. The van der Waals surface area contributed by atoms with Crippen LogP contribution in [0.5, 0.6) is 0 Å². The first-order chi connectivity index (χ1) is 9.49. The topological polar surface area (TPSA) is 74.6 Å². The van der Waals surface area contributed by atoms with E-state index in [0.717, 1.165) is 24.0 Å². The van der Waals surface area contributed by atoms with Gasteiger partial charge in [0.1, 0.15) is 0 Å². The maximum Gasteiger partial charge on any atom is 0.336 e. The summed E-state index contributed by atoms with van der Waals surface area (Å²) in [4.78, 5) is 22.6. The van der Waals surface area contributed by atoms with Crippen LogP contribution in [-0.2, 0) is 12.8 Å². The van der Waals surface area contributed by atoms with Gasteiger partial charge < -0.3 is 10.2 Å². The van der Waals surface area contributed by atoms with E-state index in [2.05, 4.69) is 0 Å². The van der Waals surface area contributed by atoms with E-state index in [4.69, 9.17) is 0 Å². The van der Waals surface area contributed by atoms with Crippen molar-refractivity contribution in [2.24, 2.45) is 0 Å². The van der Waals surface area contributed by atoms with E-state index in [9.17, 15) is 19.8 Å². The van der Waals surface area contributed by atoms with Crippen molar-refractivity contribution < 1.29 is 19.8 Å². The lowest BCUT2D eigenvalue weighted by atomic mass is 9.92. The van der Waals surface area contributed by atoms with Gasteiger partial charge in [0.2, 0.25) is 0 Å². The van der Waals surface area contributed by atoms with Crippen molar-refractivity contribution in [2.45, 2.75) is 26.7 Å². The third-order valence-corrected chi connectivity index (χ3v) is 3.56. The van der Waals surface area contributed by atoms with Crippen LogP contribution in [0.3, 0.4) is 0 Å². The molecule has 0 unspecified atom stereocenters. The van der Waals surface area contributed by atoms with Gasteiger partial charge in [-0.2, -0.15) is 0 Å². The number of carboxylic acid groups (broad SMARTS) is 2. The quantitative estimate of drug-likeness (QED) is 0.894. The first-order valence-corrected chi connectivity index (χ1v) is 6.54. The molecule has 104 valence electrons. The van der Waals surface area contributed by atoms with Gasteiger partial charge in [0.15, 0.2) is 0 Å². The number of carbonyl (C=O) groups is 2. The summed E-state index contributed by atoms with van der Waals surface area (Å²) in [5, 5.41) is 19.5. The Kier molecular flexibility index (Phi) is 3.74. The maximum absolute atomic E-state index is 11.3. The molecule has 0 radical (unpaired) electrons. The van der Waals surface area contributed by atoms with Gasteiger partial charge in [0.25, 0.3) is 0 Å². The van der Waals surface area contributed by atoms with Gasteiger partial charge >= 0.3 is 11.9 Å². The molecule has 0 spiro atoms. The zero-order valence-electron chi connectivity index (χ0n) is 11.4. The Balaban J connectivity index is 2.92. The second-order valence-electron chi connectivity index (χ2n) is 4.64. The molecular weight excluding hydrogens is 256 g/mol. The first-order valence-electron chi connectivity index (χ1n) is 6.54. The van der Waals surface area contributed by atoms with Gasteiger partial charge in [0, 0.05) is 0 Å². The minimum Gasteiger partial charge on any atom is -0.478 e. The Morgan fingerprint density at radius 2 is 1.20 bits per heavy atom. The molecule has 0 aliphatic heterocycles. The number of fused-ring (bicyclic) bond motifs is 1. The molecule has 2 rings (SSSR count). The van der Waals surface area contributed by atoms with Crippen LogP contribution in [0.4, 0.5) is 0 Å². The summed E-state index contributed by atoms with van der Waals surface area (Å²) in [6.07, 6.45) is 1.57. The standard InChI is InChI=1S/C16H16O4/c1-3-9-7-13-11(15(17)18)5-6-12(16(19)20)14(13)8-10(9)4-2/h5-8H,3-4H2,1-2H3,(H,17,18)(H,19,20). The first kappa shape index (κ1) is 14.1. The van der Waals surface area contributed by atoms with Crippen molar-refractivity contribution >= 4 is 22.7 Å². The van der Waals surface area contributed by atoms with Crippen LogP contribution in [0.1, 0.15) is 45.7 Å². The number of hydrogen-bond acceptors (Lipinski definition) is 2. The van der Waals surface area contributed by atoms with E-state index in [-0.39, 0.29) is 11.1 Å². The summed E-state index contributed by atoms with van der Waals surface area (Å²) in [6.45, 7) is 4.00. The normalized spacial score (nSPS) is 10.7. The Morgan fingerprint density at radius 1 is 0.850 bits per heavy atom. The Hall–Kier alpha value is -2.36. The zero-order valence-corrected chi connectivity index (χ0v) is 11.4. The van der Waals surface area contributed by atoms with E-state index in [1.165, 1.54) is 12.1 Å². The Labute approximate surface area is 116 Å². The highest BCUT2D eigenvalue weighted by molar-refractivity contribution is 6.11. The fraction of sp³-hybridized carbons (Fsp3) is 0.250. The molecule has 0 heterocycles. The number of benzene rings is 2. The van der Waals surface area contributed by atoms with Crippen LogP contribution in [-0.4, -0.2) is 22.2 Å². The van der Waals surface area contributed by atoms with E-state index in [0.29, 0.717) is 10.8 Å². The van der Waals surface area contributed by atoms with Gasteiger partial charge in [-0.1, -0.05) is 13.8 Å². The molecule has 0 saturated heterocycles. The van der Waals surface area contributed by atoms with Crippen LogP contribution in [0, 0.1) is 0 Å². The summed E-state index contributed by atoms with van der Waals surface area (Å²) in [6, 6.07) is 6.34. The van der Waals surface area contributed by atoms with Gasteiger partial charge in [-0.25, -0.2) is 9.59 Å². The average Bonchev–Trinajstić information content (AvgIpc) is 2.43. The van der Waals surface area contributed by atoms with Crippen LogP contribution in [0.15, 0.2) is 24.3 Å². The average molecular weight is 272 g/mol. The Morgan fingerprint density at radius 3 is 1.45 bits per heavy atom. The zero-order chi connectivity index (χ0) is 14.9. The Bertz CT molecular complexity index is 641. The van der Waals surface area contributed by atoms with Crippen molar-refractivity contribution in [3.8, 4) is 0 Å². The molecular formula is C16H16O4. The van der Waals surface area contributed by atoms with Gasteiger partial charge in [-0.3, -0.25) is 0 Å². The molecule has 20 heavy (non-hydrogen) atoms. The summed E-state index contributed by atoms with van der Waals surface area (Å²) in [7, 11) is 0.